The molecule has 0 radical (unpaired) electrons. The molecule has 102 valence electrons. The maximum Gasteiger partial charge on any atom is 0.152 e. The third-order valence-electron chi connectivity index (χ3n) is 4.19. The molecule has 0 aromatic carbocycles. The number of nitrogens with zero attached hydrogens (tertiary/aromatic N) is 3. The summed E-state index contributed by atoms with van der Waals surface area (Å²) in [5.41, 5.74) is 2.61. The normalized spacial score (nSPS) is 19.7. The van der Waals surface area contributed by atoms with E-state index in [1.807, 2.05) is 23.8 Å². The van der Waals surface area contributed by atoms with Gasteiger partial charge in [0.05, 0.1) is 5.69 Å². The quantitative estimate of drug-likeness (QED) is 0.897. The fourth-order valence-corrected chi connectivity index (χ4v) is 2.89. The van der Waals surface area contributed by atoms with Gasteiger partial charge in [0, 0.05) is 18.4 Å². The molecule has 1 aliphatic rings. The first kappa shape index (κ1) is 12.5. The van der Waals surface area contributed by atoms with E-state index in [2.05, 4.69) is 35.3 Å². The molecule has 2 aromatic heterocycles. The molecule has 3 rings (SSSR count). The van der Waals surface area contributed by atoms with Crippen LogP contribution in [0.25, 0.3) is 5.52 Å². The summed E-state index contributed by atoms with van der Waals surface area (Å²) in [5, 5.41) is 8.03. The van der Waals surface area contributed by atoms with Crippen molar-refractivity contribution in [1.82, 2.24) is 14.6 Å². The van der Waals surface area contributed by atoms with Crippen molar-refractivity contribution in [3.05, 3.63) is 24.2 Å². The van der Waals surface area contributed by atoms with Gasteiger partial charge in [-0.15, -0.1) is 0 Å². The first-order valence-corrected chi connectivity index (χ1v) is 7.11. The average Bonchev–Trinajstić information content (AvgIpc) is 2.73. The topological polar surface area (TPSA) is 42.2 Å². The Morgan fingerprint density at radius 3 is 2.79 bits per heavy atom. The fourth-order valence-electron chi connectivity index (χ4n) is 2.89. The fraction of sp³-hybridized carbons (Fsp3) is 0.600. The lowest BCUT2D eigenvalue weighted by Crippen LogP contribution is -2.30. The van der Waals surface area contributed by atoms with Crippen LogP contribution in [0.5, 0.6) is 0 Å². The summed E-state index contributed by atoms with van der Waals surface area (Å²) < 4.78 is 1.90. The van der Waals surface area contributed by atoms with Crippen LogP contribution in [-0.2, 0) is 0 Å². The van der Waals surface area contributed by atoms with Gasteiger partial charge in [0.15, 0.2) is 5.82 Å². The molecule has 0 spiro atoms. The Bertz CT molecular complexity index is 575. The average molecular weight is 258 g/mol. The second kappa shape index (κ2) is 4.51. The third kappa shape index (κ3) is 2.57. The van der Waals surface area contributed by atoms with Crippen molar-refractivity contribution in [2.24, 2.45) is 5.41 Å². The zero-order valence-corrected chi connectivity index (χ0v) is 12.0. The summed E-state index contributed by atoms with van der Waals surface area (Å²) >= 11 is 0. The van der Waals surface area contributed by atoms with Crippen LogP contribution < -0.4 is 5.32 Å². The van der Waals surface area contributed by atoms with E-state index in [0.717, 1.165) is 17.0 Å². The molecular formula is C15H22N4. The minimum atomic E-state index is 0.505. The SMILES string of the molecule is Cc1cc2c(NC3CCC(C)(C)CC3)nccn2n1. The zero-order valence-electron chi connectivity index (χ0n) is 12.0. The lowest BCUT2D eigenvalue weighted by Gasteiger charge is -2.34. The van der Waals surface area contributed by atoms with Gasteiger partial charge in [0.25, 0.3) is 0 Å². The number of anilines is 1. The first-order valence-electron chi connectivity index (χ1n) is 7.11. The summed E-state index contributed by atoms with van der Waals surface area (Å²) in [5.74, 6) is 0.966. The second-order valence-corrected chi connectivity index (χ2v) is 6.47. The highest BCUT2D eigenvalue weighted by atomic mass is 15.2. The van der Waals surface area contributed by atoms with Gasteiger partial charge in [0.1, 0.15) is 5.52 Å². The van der Waals surface area contributed by atoms with Gasteiger partial charge < -0.3 is 5.32 Å². The van der Waals surface area contributed by atoms with E-state index >= 15 is 0 Å². The van der Waals surface area contributed by atoms with Crippen molar-refractivity contribution in [3.8, 4) is 0 Å². The Morgan fingerprint density at radius 1 is 1.32 bits per heavy atom. The maximum atomic E-state index is 4.48. The van der Waals surface area contributed by atoms with E-state index in [0.29, 0.717) is 11.5 Å². The lowest BCUT2D eigenvalue weighted by atomic mass is 9.75. The molecule has 4 heteroatoms. The summed E-state index contributed by atoms with van der Waals surface area (Å²) in [6.45, 7) is 6.74. The molecular weight excluding hydrogens is 236 g/mol. The molecule has 1 saturated carbocycles. The minimum Gasteiger partial charge on any atom is -0.366 e. The molecule has 0 unspecified atom stereocenters. The van der Waals surface area contributed by atoms with Crippen molar-refractivity contribution in [3.63, 3.8) is 0 Å². The third-order valence-corrected chi connectivity index (χ3v) is 4.19. The van der Waals surface area contributed by atoms with Gasteiger partial charge in [-0.2, -0.15) is 5.10 Å². The molecule has 1 N–H and O–H groups in total. The molecule has 1 fully saturated rings. The molecule has 2 heterocycles. The van der Waals surface area contributed by atoms with Crippen LogP contribution >= 0.6 is 0 Å². The Kier molecular flexibility index (Phi) is 2.96. The number of aromatic nitrogens is 3. The van der Waals surface area contributed by atoms with Gasteiger partial charge >= 0.3 is 0 Å². The van der Waals surface area contributed by atoms with Crippen LogP contribution in [0.2, 0.25) is 0 Å². The highest BCUT2D eigenvalue weighted by Crippen LogP contribution is 2.36. The molecule has 4 nitrogen and oxygen atoms in total. The standard InChI is InChI=1S/C15H22N4/c1-11-10-13-14(16-8-9-19(13)18-11)17-12-4-6-15(2,3)7-5-12/h8-10,12H,4-7H2,1-3H3,(H,16,17). The van der Waals surface area contributed by atoms with Crippen LogP contribution in [-0.4, -0.2) is 20.6 Å². The van der Waals surface area contributed by atoms with Crippen molar-refractivity contribution in [2.45, 2.75) is 52.5 Å². The van der Waals surface area contributed by atoms with Gasteiger partial charge in [0.2, 0.25) is 0 Å². The molecule has 0 amide bonds. The van der Waals surface area contributed by atoms with E-state index < -0.39 is 0 Å². The predicted octanol–water partition coefficient (Wildman–Crippen LogP) is 3.42. The van der Waals surface area contributed by atoms with Gasteiger partial charge in [-0.1, -0.05) is 13.8 Å². The van der Waals surface area contributed by atoms with Crippen LogP contribution in [0.4, 0.5) is 5.82 Å². The van der Waals surface area contributed by atoms with Crippen LogP contribution in [0, 0.1) is 12.3 Å². The van der Waals surface area contributed by atoms with E-state index in [1.54, 1.807) is 0 Å². The number of fused-ring (bicyclic) bond motifs is 1. The predicted molar refractivity (Wildman–Crippen MR) is 77.4 cm³/mol. The molecule has 19 heavy (non-hydrogen) atoms. The van der Waals surface area contributed by atoms with E-state index in [9.17, 15) is 0 Å². The van der Waals surface area contributed by atoms with Gasteiger partial charge in [-0.3, -0.25) is 0 Å². The van der Waals surface area contributed by atoms with Gasteiger partial charge in [-0.25, -0.2) is 9.50 Å². The zero-order chi connectivity index (χ0) is 13.5. The number of rotatable bonds is 2. The number of hydrogen-bond donors (Lipinski definition) is 1. The lowest BCUT2D eigenvalue weighted by molar-refractivity contribution is 0.232. The molecule has 0 aliphatic heterocycles. The summed E-state index contributed by atoms with van der Waals surface area (Å²) in [6, 6.07) is 2.63. The number of aryl methyl sites for hydroxylation is 1. The monoisotopic (exact) mass is 258 g/mol. The Morgan fingerprint density at radius 2 is 2.05 bits per heavy atom. The Balaban J connectivity index is 1.79. The second-order valence-electron chi connectivity index (χ2n) is 6.47. The van der Waals surface area contributed by atoms with Crippen molar-refractivity contribution >= 4 is 11.3 Å². The smallest absolute Gasteiger partial charge is 0.152 e. The maximum absolute atomic E-state index is 4.48. The highest BCUT2D eigenvalue weighted by molar-refractivity contribution is 5.68. The summed E-state index contributed by atoms with van der Waals surface area (Å²) in [6.07, 6.45) is 8.73. The molecule has 0 atom stereocenters. The van der Waals surface area contributed by atoms with Gasteiger partial charge in [-0.05, 0) is 44.1 Å². The molecule has 0 bridgehead atoms. The minimum absolute atomic E-state index is 0.505. The first-order chi connectivity index (χ1) is 9.03. The van der Waals surface area contributed by atoms with E-state index in [-0.39, 0.29) is 0 Å². The molecule has 1 aliphatic carbocycles. The number of nitrogens with one attached hydrogen (secondary N) is 1. The van der Waals surface area contributed by atoms with Crippen molar-refractivity contribution in [1.29, 1.82) is 0 Å². The largest absolute Gasteiger partial charge is 0.366 e. The number of hydrogen-bond acceptors (Lipinski definition) is 3. The van der Waals surface area contributed by atoms with Crippen LogP contribution in [0.15, 0.2) is 18.5 Å². The van der Waals surface area contributed by atoms with Crippen molar-refractivity contribution in [2.75, 3.05) is 5.32 Å². The summed E-state index contributed by atoms with van der Waals surface area (Å²) in [7, 11) is 0. The van der Waals surface area contributed by atoms with E-state index in [1.165, 1.54) is 25.7 Å². The van der Waals surface area contributed by atoms with Crippen LogP contribution in [0.1, 0.15) is 45.2 Å². The summed E-state index contributed by atoms with van der Waals surface area (Å²) in [4.78, 5) is 4.48. The molecule has 0 saturated heterocycles. The molecule has 2 aromatic rings. The Hall–Kier alpha value is -1.58. The van der Waals surface area contributed by atoms with Crippen LogP contribution in [0.3, 0.4) is 0 Å². The highest BCUT2D eigenvalue weighted by Gasteiger charge is 2.27. The van der Waals surface area contributed by atoms with E-state index in [4.69, 9.17) is 0 Å². The Labute approximate surface area is 114 Å². The van der Waals surface area contributed by atoms with Crippen molar-refractivity contribution < 1.29 is 0 Å².